The molecular weight excluding hydrogens is 712 g/mol. The van der Waals surface area contributed by atoms with Gasteiger partial charge in [0.15, 0.2) is 6.61 Å². The number of amides is 2. The van der Waals surface area contributed by atoms with Crippen LogP contribution in [0.3, 0.4) is 0 Å². The van der Waals surface area contributed by atoms with Crippen molar-refractivity contribution in [1.82, 2.24) is 10.6 Å². The number of aromatic hydroxyl groups is 1. The Labute approximate surface area is 319 Å². The fourth-order valence-corrected chi connectivity index (χ4v) is 4.84. The maximum Gasteiger partial charge on any atom is 0.343 e. The monoisotopic (exact) mass is 758 g/mol. The Hall–Kier alpha value is -6.25. The van der Waals surface area contributed by atoms with E-state index in [4.69, 9.17) is 23.7 Å². The molecule has 292 valence electrons. The summed E-state index contributed by atoms with van der Waals surface area (Å²) < 4.78 is 30.1. The van der Waals surface area contributed by atoms with E-state index in [1.165, 1.54) is 33.5 Å². The average molecular weight is 759 g/mol. The van der Waals surface area contributed by atoms with Crippen molar-refractivity contribution in [3.05, 3.63) is 131 Å². The van der Waals surface area contributed by atoms with E-state index in [1.54, 1.807) is 36.4 Å². The molecule has 14 nitrogen and oxygen atoms in total. The summed E-state index contributed by atoms with van der Waals surface area (Å²) in [4.78, 5) is 59.3. The number of hydrogen-bond donors (Lipinski definition) is 3. The molecule has 3 N–H and O–H groups in total. The van der Waals surface area contributed by atoms with Gasteiger partial charge < -0.3 is 44.2 Å². The van der Waals surface area contributed by atoms with Gasteiger partial charge in [0, 0.05) is 12.8 Å². The highest BCUT2D eigenvalue weighted by molar-refractivity contribution is 5.86. The topological polar surface area (TPSA) is 185 Å². The second-order valence-corrected chi connectivity index (χ2v) is 11.8. The predicted octanol–water partition coefficient (Wildman–Crippen LogP) is 3.46. The van der Waals surface area contributed by atoms with Crippen molar-refractivity contribution in [3.63, 3.8) is 0 Å². The molecular formula is C41H46N2O12. The highest BCUT2D eigenvalue weighted by atomic mass is 16.6. The smallest absolute Gasteiger partial charge is 0.343 e. The van der Waals surface area contributed by atoms with Gasteiger partial charge in [-0.15, -0.1) is 0 Å². The van der Waals surface area contributed by atoms with Crippen molar-refractivity contribution < 1.29 is 57.5 Å². The summed E-state index contributed by atoms with van der Waals surface area (Å²) in [5.74, 6) is -1.78. The summed E-state index contributed by atoms with van der Waals surface area (Å²) in [5.41, 5.74) is 3.48. The summed E-state index contributed by atoms with van der Waals surface area (Å²) in [6, 6.07) is 30.5. The van der Waals surface area contributed by atoms with E-state index >= 15 is 0 Å². The third-order valence-corrected chi connectivity index (χ3v) is 7.65. The van der Waals surface area contributed by atoms with Gasteiger partial charge in [-0.3, -0.25) is 9.59 Å². The molecule has 0 heterocycles. The van der Waals surface area contributed by atoms with E-state index in [1.807, 2.05) is 60.7 Å². The number of rotatable bonds is 19. The standard InChI is InChI=1S/C22H25NO7.C19H21NO5/c1-27-21(25)15-30-18-10-8-16(9-11-18)12-19(22(26)28-2)23-20(24)14-29-13-17-6-4-3-5-7-17;1-24-19(23)17(11-14-7-9-16(21)10-8-14)20-18(22)13-25-12-15-5-3-2-4-6-15/h3-11,19H,12-15H2,1-2H3,(H,23,24);2-10,17,21H,11-13H2,1H3,(H,20,22). The number of benzene rings is 4. The van der Waals surface area contributed by atoms with E-state index in [-0.39, 0.29) is 38.4 Å². The number of nitrogens with one attached hydrogen (secondary N) is 2. The minimum absolute atomic E-state index is 0.136. The van der Waals surface area contributed by atoms with Gasteiger partial charge in [-0.05, 0) is 46.5 Å². The molecule has 2 amide bonds. The van der Waals surface area contributed by atoms with E-state index in [2.05, 4.69) is 15.4 Å². The second kappa shape index (κ2) is 24.1. The summed E-state index contributed by atoms with van der Waals surface area (Å²) >= 11 is 0. The number of methoxy groups -OCH3 is 3. The lowest BCUT2D eigenvalue weighted by atomic mass is 10.1. The van der Waals surface area contributed by atoms with Crippen molar-refractivity contribution >= 4 is 29.7 Å². The quantitative estimate of drug-likeness (QED) is 0.0936. The van der Waals surface area contributed by atoms with Crippen LogP contribution in [-0.4, -0.2) is 88.1 Å². The van der Waals surface area contributed by atoms with Crippen molar-refractivity contribution in [2.24, 2.45) is 0 Å². The lowest BCUT2D eigenvalue weighted by Gasteiger charge is -2.17. The molecule has 0 aliphatic heterocycles. The van der Waals surface area contributed by atoms with Gasteiger partial charge in [-0.25, -0.2) is 14.4 Å². The molecule has 0 radical (unpaired) electrons. The molecule has 4 aromatic carbocycles. The fourth-order valence-electron chi connectivity index (χ4n) is 4.84. The van der Waals surface area contributed by atoms with Crippen molar-refractivity contribution in [1.29, 1.82) is 0 Å². The summed E-state index contributed by atoms with van der Waals surface area (Å²) in [5, 5.41) is 14.6. The molecule has 14 heteroatoms. The predicted molar refractivity (Wildman–Crippen MR) is 200 cm³/mol. The number of carbonyl (C=O) groups excluding carboxylic acids is 5. The van der Waals surface area contributed by atoms with Crippen molar-refractivity contribution in [2.45, 2.75) is 38.1 Å². The maximum absolute atomic E-state index is 12.2. The van der Waals surface area contributed by atoms with Gasteiger partial charge in [-0.2, -0.15) is 0 Å². The SMILES string of the molecule is COC(=O)C(Cc1ccc(O)cc1)NC(=O)COCc1ccccc1.COC(=O)COc1ccc(CC(NC(=O)COCc2ccccc2)C(=O)OC)cc1. The molecule has 4 rings (SSSR count). The molecule has 55 heavy (non-hydrogen) atoms. The highest BCUT2D eigenvalue weighted by Crippen LogP contribution is 2.15. The summed E-state index contributed by atoms with van der Waals surface area (Å²) in [7, 11) is 3.81. The minimum Gasteiger partial charge on any atom is -0.508 e. The van der Waals surface area contributed by atoms with Crippen LogP contribution in [0.25, 0.3) is 0 Å². The van der Waals surface area contributed by atoms with Gasteiger partial charge in [0.2, 0.25) is 11.8 Å². The van der Waals surface area contributed by atoms with Gasteiger partial charge in [0.1, 0.15) is 36.8 Å². The zero-order valence-corrected chi connectivity index (χ0v) is 30.9. The van der Waals surface area contributed by atoms with Gasteiger partial charge >= 0.3 is 17.9 Å². The number of hydrogen-bond acceptors (Lipinski definition) is 12. The largest absolute Gasteiger partial charge is 0.508 e. The highest BCUT2D eigenvalue weighted by Gasteiger charge is 2.23. The normalized spacial score (nSPS) is 11.4. The first-order valence-corrected chi connectivity index (χ1v) is 17.1. The first-order valence-electron chi connectivity index (χ1n) is 17.1. The molecule has 0 saturated carbocycles. The Morgan fingerprint density at radius 1 is 0.527 bits per heavy atom. The van der Waals surface area contributed by atoms with Crippen LogP contribution < -0.4 is 15.4 Å². The number of esters is 3. The molecule has 4 aromatic rings. The van der Waals surface area contributed by atoms with Crippen LogP contribution in [0.15, 0.2) is 109 Å². The number of phenols is 1. The number of ether oxygens (including phenoxy) is 6. The third-order valence-electron chi connectivity index (χ3n) is 7.65. The molecule has 0 aliphatic carbocycles. The van der Waals surface area contributed by atoms with Crippen LogP contribution in [0.1, 0.15) is 22.3 Å². The molecule has 0 fully saturated rings. The molecule has 0 aliphatic rings. The van der Waals surface area contributed by atoms with Gasteiger partial charge in [0.25, 0.3) is 0 Å². The van der Waals surface area contributed by atoms with Gasteiger partial charge in [-0.1, -0.05) is 84.9 Å². The number of phenolic OH excluding ortho intramolecular Hbond substituents is 1. The Morgan fingerprint density at radius 2 is 0.945 bits per heavy atom. The van der Waals surface area contributed by atoms with Crippen LogP contribution in [0.2, 0.25) is 0 Å². The molecule has 0 aromatic heterocycles. The molecule has 2 atom stereocenters. The second-order valence-electron chi connectivity index (χ2n) is 11.8. The van der Waals surface area contributed by atoms with Gasteiger partial charge in [0.05, 0.1) is 34.5 Å². The Morgan fingerprint density at radius 3 is 1.35 bits per heavy atom. The Bertz CT molecular complexity index is 1770. The maximum atomic E-state index is 12.2. The van der Waals surface area contributed by atoms with Crippen LogP contribution in [-0.2, 0) is 73.7 Å². The molecule has 0 saturated heterocycles. The van der Waals surface area contributed by atoms with E-state index in [0.29, 0.717) is 19.0 Å². The molecule has 0 spiro atoms. The first kappa shape index (κ1) is 43.2. The Kier molecular flexibility index (Phi) is 18.9. The lowest BCUT2D eigenvalue weighted by molar-refractivity contribution is -0.146. The lowest BCUT2D eigenvalue weighted by Crippen LogP contribution is -2.44. The van der Waals surface area contributed by atoms with Crippen LogP contribution in [0.5, 0.6) is 11.5 Å². The van der Waals surface area contributed by atoms with Crippen molar-refractivity contribution in [3.8, 4) is 11.5 Å². The van der Waals surface area contributed by atoms with Crippen LogP contribution >= 0.6 is 0 Å². The fraction of sp³-hybridized carbons (Fsp3) is 0.293. The van der Waals surface area contributed by atoms with Crippen molar-refractivity contribution in [2.75, 3.05) is 41.2 Å². The third kappa shape index (κ3) is 17.0. The average Bonchev–Trinajstić information content (AvgIpc) is 3.21. The van der Waals surface area contributed by atoms with E-state index in [9.17, 15) is 29.1 Å². The Balaban J connectivity index is 0.000000300. The first-order chi connectivity index (χ1) is 26.6. The zero-order chi connectivity index (χ0) is 39.8. The molecule has 0 bridgehead atoms. The summed E-state index contributed by atoms with van der Waals surface area (Å²) in [6.45, 7) is 0.0830. The minimum atomic E-state index is -0.857. The van der Waals surface area contributed by atoms with E-state index in [0.717, 1.165) is 22.3 Å². The van der Waals surface area contributed by atoms with Crippen LogP contribution in [0, 0.1) is 0 Å². The zero-order valence-electron chi connectivity index (χ0n) is 30.9. The summed E-state index contributed by atoms with van der Waals surface area (Å²) in [6.07, 6.45) is 0.492. The molecule has 2 unspecified atom stereocenters. The number of carbonyl (C=O) groups is 5. The van der Waals surface area contributed by atoms with Crippen LogP contribution in [0.4, 0.5) is 0 Å². The van der Waals surface area contributed by atoms with E-state index < -0.39 is 41.8 Å².